The van der Waals surface area contributed by atoms with Crippen molar-refractivity contribution in [2.75, 3.05) is 0 Å². The molecule has 1 aromatic carbocycles. The molecule has 0 atom stereocenters. The zero-order valence-electron chi connectivity index (χ0n) is 11.7. The summed E-state index contributed by atoms with van der Waals surface area (Å²) in [5, 5.41) is 7.73. The fourth-order valence-corrected chi connectivity index (χ4v) is 3.89. The van der Waals surface area contributed by atoms with Gasteiger partial charge in [-0.05, 0) is 23.1 Å². The van der Waals surface area contributed by atoms with E-state index in [4.69, 9.17) is 0 Å². The molecular weight excluding hydrogens is 310 g/mol. The van der Waals surface area contributed by atoms with Gasteiger partial charge in [0.15, 0.2) is 0 Å². The van der Waals surface area contributed by atoms with E-state index in [1.165, 1.54) is 10.4 Å². The second kappa shape index (κ2) is 5.94. The number of nitrogens with zero attached hydrogens (tertiary/aromatic N) is 3. The summed E-state index contributed by atoms with van der Waals surface area (Å²) >= 11 is 3.45. The first-order valence-corrected chi connectivity index (χ1v) is 8.82. The molecule has 0 N–H and O–H groups in total. The van der Waals surface area contributed by atoms with Crippen molar-refractivity contribution < 1.29 is 0 Å². The molecular formula is C17H13N3S2. The van der Waals surface area contributed by atoms with Gasteiger partial charge in [-0.1, -0.05) is 48.2 Å². The zero-order valence-corrected chi connectivity index (χ0v) is 13.3. The fourth-order valence-electron chi connectivity index (χ4n) is 2.28. The quantitative estimate of drug-likeness (QED) is 0.508. The Morgan fingerprint density at radius 2 is 2.00 bits per heavy atom. The summed E-state index contributed by atoms with van der Waals surface area (Å²) in [6.07, 6.45) is 3.71. The summed E-state index contributed by atoms with van der Waals surface area (Å²) in [7, 11) is 0. The van der Waals surface area contributed by atoms with Crippen LogP contribution in [0.4, 0.5) is 0 Å². The lowest BCUT2D eigenvalue weighted by molar-refractivity contribution is 0.921. The first kappa shape index (κ1) is 13.5. The van der Waals surface area contributed by atoms with Crippen molar-refractivity contribution in [3.05, 3.63) is 71.9 Å². The van der Waals surface area contributed by atoms with Gasteiger partial charge in [0, 0.05) is 18.1 Å². The highest BCUT2D eigenvalue weighted by Gasteiger charge is 2.10. The van der Waals surface area contributed by atoms with Crippen LogP contribution in [-0.2, 0) is 5.75 Å². The molecule has 3 heterocycles. The molecule has 0 aliphatic rings. The van der Waals surface area contributed by atoms with Crippen LogP contribution in [0.25, 0.3) is 16.1 Å². The van der Waals surface area contributed by atoms with Crippen LogP contribution in [0.15, 0.2) is 71.3 Å². The van der Waals surface area contributed by atoms with Crippen molar-refractivity contribution in [1.82, 2.24) is 14.6 Å². The second-order valence-corrected chi connectivity index (χ2v) is 6.76. The molecule has 3 nitrogen and oxygen atoms in total. The van der Waals surface area contributed by atoms with Crippen molar-refractivity contribution in [3.63, 3.8) is 0 Å². The Kier molecular flexibility index (Phi) is 3.66. The Morgan fingerprint density at radius 1 is 1.09 bits per heavy atom. The lowest BCUT2D eigenvalue weighted by Crippen LogP contribution is -1.91. The van der Waals surface area contributed by atoms with Crippen molar-refractivity contribution in [3.8, 4) is 10.6 Å². The van der Waals surface area contributed by atoms with Gasteiger partial charge in [0.2, 0.25) is 0 Å². The predicted octanol–water partition coefficient (Wildman–Crippen LogP) is 4.75. The molecule has 0 saturated heterocycles. The van der Waals surface area contributed by atoms with Gasteiger partial charge in [0.05, 0.1) is 10.4 Å². The molecule has 0 aliphatic heterocycles. The van der Waals surface area contributed by atoms with Gasteiger partial charge in [-0.3, -0.25) is 0 Å². The van der Waals surface area contributed by atoms with E-state index < -0.39 is 0 Å². The van der Waals surface area contributed by atoms with E-state index in [1.54, 1.807) is 23.1 Å². The SMILES string of the molecule is c1ccc(CSc2nccn3nc(-c4cccs4)cc23)cc1. The molecule has 0 unspecified atom stereocenters. The van der Waals surface area contributed by atoms with E-state index in [1.807, 2.05) is 29.0 Å². The number of aromatic nitrogens is 3. The largest absolute Gasteiger partial charge is 0.246 e. The van der Waals surface area contributed by atoms with Crippen LogP contribution < -0.4 is 0 Å². The lowest BCUT2D eigenvalue weighted by atomic mass is 10.2. The average molecular weight is 323 g/mol. The Morgan fingerprint density at radius 3 is 2.82 bits per heavy atom. The molecule has 22 heavy (non-hydrogen) atoms. The summed E-state index contributed by atoms with van der Waals surface area (Å²) in [4.78, 5) is 5.71. The Hall–Kier alpha value is -2.11. The standard InChI is InChI=1S/C17H13N3S2/c1-2-5-13(6-3-1)12-22-17-15-11-14(16-7-4-10-21-16)19-20(15)9-8-18-17/h1-11H,12H2. The Bertz CT molecular complexity index is 883. The van der Waals surface area contributed by atoms with Gasteiger partial charge in [-0.25, -0.2) is 9.50 Å². The predicted molar refractivity (Wildman–Crippen MR) is 92.3 cm³/mol. The van der Waals surface area contributed by atoms with Gasteiger partial charge in [0.1, 0.15) is 10.7 Å². The normalized spacial score (nSPS) is 11.1. The summed E-state index contributed by atoms with van der Waals surface area (Å²) in [6.45, 7) is 0. The van der Waals surface area contributed by atoms with Crippen LogP contribution in [0.3, 0.4) is 0 Å². The second-order valence-electron chi connectivity index (χ2n) is 4.84. The Balaban J connectivity index is 1.66. The molecule has 108 valence electrons. The van der Waals surface area contributed by atoms with E-state index >= 15 is 0 Å². The Labute approximate surface area is 136 Å². The third-order valence-corrected chi connectivity index (χ3v) is 5.30. The monoisotopic (exact) mass is 323 g/mol. The molecule has 0 bridgehead atoms. The van der Waals surface area contributed by atoms with Crippen LogP contribution in [0.2, 0.25) is 0 Å². The van der Waals surface area contributed by atoms with Crippen LogP contribution in [-0.4, -0.2) is 14.6 Å². The van der Waals surface area contributed by atoms with Crippen LogP contribution in [0.1, 0.15) is 5.56 Å². The molecule has 4 rings (SSSR count). The molecule has 0 amide bonds. The van der Waals surface area contributed by atoms with Gasteiger partial charge in [0.25, 0.3) is 0 Å². The highest BCUT2D eigenvalue weighted by molar-refractivity contribution is 7.98. The third kappa shape index (κ3) is 2.65. The molecule has 0 aliphatic carbocycles. The van der Waals surface area contributed by atoms with Gasteiger partial charge in [-0.15, -0.1) is 11.3 Å². The highest BCUT2D eigenvalue weighted by atomic mass is 32.2. The maximum absolute atomic E-state index is 4.64. The third-order valence-electron chi connectivity index (χ3n) is 3.35. The zero-order chi connectivity index (χ0) is 14.8. The minimum atomic E-state index is 0.910. The van der Waals surface area contributed by atoms with Gasteiger partial charge in [-0.2, -0.15) is 5.10 Å². The highest BCUT2D eigenvalue weighted by Crippen LogP contribution is 2.29. The summed E-state index contributed by atoms with van der Waals surface area (Å²) < 4.78 is 1.91. The van der Waals surface area contributed by atoms with Crippen molar-refractivity contribution in [2.45, 2.75) is 10.8 Å². The minimum Gasteiger partial charge on any atom is -0.246 e. The molecule has 3 aromatic heterocycles. The van der Waals surface area contributed by atoms with Crippen LogP contribution in [0, 0.1) is 0 Å². The lowest BCUT2D eigenvalue weighted by Gasteiger charge is -2.02. The summed E-state index contributed by atoms with van der Waals surface area (Å²) in [5.74, 6) is 0.910. The number of hydrogen-bond donors (Lipinski definition) is 0. The molecule has 4 aromatic rings. The first-order valence-electron chi connectivity index (χ1n) is 6.95. The van der Waals surface area contributed by atoms with E-state index in [-0.39, 0.29) is 0 Å². The van der Waals surface area contributed by atoms with Crippen molar-refractivity contribution in [1.29, 1.82) is 0 Å². The average Bonchev–Trinajstić information content (AvgIpc) is 3.22. The van der Waals surface area contributed by atoms with Crippen LogP contribution in [0.5, 0.6) is 0 Å². The molecule has 5 heteroatoms. The topological polar surface area (TPSA) is 30.2 Å². The molecule has 0 radical (unpaired) electrons. The number of hydrogen-bond acceptors (Lipinski definition) is 4. The maximum atomic E-state index is 4.64. The van der Waals surface area contributed by atoms with E-state index in [0.717, 1.165) is 22.0 Å². The summed E-state index contributed by atoms with van der Waals surface area (Å²) in [5.41, 5.74) is 3.37. The summed E-state index contributed by atoms with van der Waals surface area (Å²) in [6, 6.07) is 16.7. The van der Waals surface area contributed by atoms with Crippen molar-refractivity contribution in [2.24, 2.45) is 0 Å². The van der Waals surface area contributed by atoms with Gasteiger partial charge >= 0.3 is 0 Å². The number of thiophene rings is 1. The number of fused-ring (bicyclic) bond motifs is 1. The maximum Gasteiger partial charge on any atom is 0.122 e. The minimum absolute atomic E-state index is 0.910. The number of benzene rings is 1. The smallest absolute Gasteiger partial charge is 0.122 e. The fraction of sp³-hybridized carbons (Fsp3) is 0.0588. The van der Waals surface area contributed by atoms with Crippen LogP contribution >= 0.6 is 23.1 Å². The number of rotatable bonds is 4. The number of thioether (sulfide) groups is 1. The van der Waals surface area contributed by atoms with Crippen molar-refractivity contribution >= 4 is 28.6 Å². The van der Waals surface area contributed by atoms with Gasteiger partial charge < -0.3 is 0 Å². The molecule has 0 spiro atoms. The van der Waals surface area contributed by atoms with E-state index in [9.17, 15) is 0 Å². The molecule has 0 saturated carbocycles. The van der Waals surface area contributed by atoms with E-state index in [0.29, 0.717) is 0 Å². The first-order chi connectivity index (χ1) is 10.9. The molecule has 0 fully saturated rings. The van der Waals surface area contributed by atoms with E-state index in [2.05, 4.69) is 51.9 Å².